The molecule has 0 spiro atoms. The van der Waals surface area contributed by atoms with E-state index in [0.29, 0.717) is 83.2 Å². The zero-order valence-corrected chi connectivity index (χ0v) is 49.2. The van der Waals surface area contributed by atoms with Crippen molar-refractivity contribution in [1.82, 2.24) is 20.4 Å². The molecule has 0 aromatic rings. The number of hydrogen-bond donors (Lipinski definition) is 6. The molecule has 408 valence electrons. The highest BCUT2D eigenvalue weighted by Crippen LogP contribution is 2.35. The molecule has 0 aromatic heterocycles. The first-order valence-electron chi connectivity index (χ1n) is 27.4. The Morgan fingerprint density at radius 1 is 0.614 bits per heavy atom. The van der Waals surface area contributed by atoms with Gasteiger partial charge < -0.3 is 31.1 Å². The molecule has 11 heteroatoms. The highest BCUT2D eigenvalue weighted by molar-refractivity contribution is 7.42. The smallest absolute Gasteiger partial charge is 0.243 e. The first-order chi connectivity index (χ1) is 32.1. The van der Waals surface area contributed by atoms with Gasteiger partial charge in [0, 0.05) is 37.5 Å². The Hall–Kier alpha value is -1.91. The van der Waals surface area contributed by atoms with Crippen LogP contribution < -0.4 is 10.6 Å². The molecule has 1 aliphatic rings. The summed E-state index contributed by atoms with van der Waals surface area (Å²) < 4.78 is 0. The third-order valence-electron chi connectivity index (χ3n) is 13.8. The van der Waals surface area contributed by atoms with Crippen molar-refractivity contribution in [3.8, 4) is 0 Å². The second-order valence-corrected chi connectivity index (χ2v) is 27.8. The fraction of sp³-hybridized carbons (Fsp3) is 0.831. The summed E-state index contributed by atoms with van der Waals surface area (Å²) in [6.45, 7) is 42.4. The van der Waals surface area contributed by atoms with Gasteiger partial charge in [-0.25, -0.2) is 0 Å². The average Bonchev–Trinajstić information content (AvgIpc) is 3.21. The van der Waals surface area contributed by atoms with Gasteiger partial charge in [-0.1, -0.05) is 182 Å². The minimum atomic E-state index is -0.631. The lowest BCUT2D eigenvalue weighted by molar-refractivity contribution is -0.137. The van der Waals surface area contributed by atoms with Gasteiger partial charge in [0.25, 0.3) is 0 Å². The van der Waals surface area contributed by atoms with E-state index in [0.717, 1.165) is 32.1 Å². The maximum Gasteiger partial charge on any atom is 0.243 e. The largest absolute Gasteiger partial charge is 0.392 e. The van der Waals surface area contributed by atoms with E-state index < -0.39 is 41.7 Å². The van der Waals surface area contributed by atoms with Gasteiger partial charge in [0.05, 0.1) is 24.2 Å². The van der Waals surface area contributed by atoms with Crippen molar-refractivity contribution in [1.29, 1.82) is 0 Å². The van der Waals surface area contributed by atoms with Crippen LogP contribution in [0.1, 0.15) is 189 Å². The Kier molecular flexibility index (Phi) is 29.4. The van der Waals surface area contributed by atoms with Crippen LogP contribution in [-0.2, 0) is 9.59 Å². The van der Waals surface area contributed by atoms with E-state index >= 15 is 0 Å². The Bertz CT molecular complexity index is 1610. The van der Waals surface area contributed by atoms with Gasteiger partial charge >= 0.3 is 0 Å². The van der Waals surface area contributed by atoms with Crippen molar-refractivity contribution in [2.24, 2.45) is 50.7 Å². The number of piperazine rings is 1. The molecule has 10 atom stereocenters. The van der Waals surface area contributed by atoms with Crippen molar-refractivity contribution in [3.05, 3.63) is 48.3 Å². The predicted molar refractivity (Wildman–Crippen MR) is 300 cm³/mol. The van der Waals surface area contributed by atoms with Gasteiger partial charge in [-0.2, -0.15) is 0 Å². The second-order valence-electron chi connectivity index (χ2n) is 26.4. The fourth-order valence-electron chi connectivity index (χ4n) is 9.48. The van der Waals surface area contributed by atoms with Crippen LogP contribution in [0.15, 0.2) is 48.3 Å². The zero-order chi connectivity index (χ0) is 53.7. The number of nitrogens with one attached hydrogen (secondary N) is 2. The minimum Gasteiger partial charge on any atom is -0.392 e. The van der Waals surface area contributed by atoms with Crippen LogP contribution in [0.25, 0.3) is 0 Å². The van der Waals surface area contributed by atoms with E-state index in [4.69, 9.17) is 0 Å². The molecule has 1 heterocycles. The number of unbranched alkanes of at least 4 members (excludes halogenated alkanes) is 2. The number of hydrogen-bond acceptors (Lipinski definition) is 8. The van der Waals surface area contributed by atoms with E-state index in [2.05, 4.69) is 180 Å². The lowest BCUT2D eigenvalue weighted by Crippen LogP contribution is -2.61. The zero-order valence-electron chi connectivity index (χ0n) is 48.2. The van der Waals surface area contributed by atoms with Gasteiger partial charge in [-0.15, -0.1) is 0 Å². The summed E-state index contributed by atoms with van der Waals surface area (Å²) in [4.78, 5) is 31.1. The van der Waals surface area contributed by atoms with E-state index in [9.17, 15) is 30.0 Å². The number of amides is 2. The molecule has 1 saturated heterocycles. The summed E-state index contributed by atoms with van der Waals surface area (Å²) in [7, 11) is 0.256. The molecule has 70 heavy (non-hydrogen) atoms. The molecule has 10 nitrogen and oxygen atoms in total. The van der Waals surface area contributed by atoms with E-state index in [1.54, 1.807) is 0 Å². The predicted octanol–water partition coefficient (Wildman–Crippen LogP) is 11.5. The Labute approximate surface area is 432 Å². The molecular formula is C59H111N4O6P. The van der Waals surface area contributed by atoms with Crippen LogP contribution >= 0.6 is 8.58 Å². The maximum atomic E-state index is 13.4. The van der Waals surface area contributed by atoms with Crippen molar-refractivity contribution in [3.63, 3.8) is 0 Å². The summed E-state index contributed by atoms with van der Waals surface area (Å²) in [5.41, 5.74) is 0.109. The molecule has 1 aliphatic heterocycles. The number of nitrogens with zero attached hydrogens (tertiary/aromatic N) is 2. The molecule has 0 bridgehead atoms. The summed E-state index contributed by atoms with van der Waals surface area (Å²) in [5, 5.41) is 51.3. The molecule has 6 N–H and O–H groups in total. The normalized spacial score (nSPS) is 20.5. The molecule has 0 aromatic carbocycles. The third-order valence-corrected chi connectivity index (χ3v) is 14.7. The summed E-state index contributed by atoms with van der Waals surface area (Å²) >= 11 is 0. The van der Waals surface area contributed by atoms with E-state index in [1.165, 1.54) is 0 Å². The number of aliphatic hydroxyl groups excluding tert-OH is 4. The quantitative estimate of drug-likeness (QED) is 0.0212. The van der Waals surface area contributed by atoms with Crippen LogP contribution in [0.3, 0.4) is 0 Å². The van der Waals surface area contributed by atoms with Crippen molar-refractivity contribution < 1.29 is 30.0 Å². The SMILES string of the molecule is CCC(C)(C)/C=C\C(C)CC(O)CN(CCCCC1NC(=O)C(CCCCN(CC(O)P/C=C\C(C)CC(C)(C)C)CC(O)C(C)(C)/C=C\C(C)C)NC1=O)CC(O)C(C)/C=C\C(C)(C)CC(C)(C)C. The topological polar surface area (TPSA) is 146 Å². The van der Waals surface area contributed by atoms with Gasteiger partial charge in [0.15, 0.2) is 0 Å². The molecular weight excluding hydrogens is 892 g/mol. The van der Waals surface area contributed by atoms with Crippen LogP contribution in [0.2, 0.25) is 0 Å². The number of aliphatic hydroxyl groups is 4. The van der Waals surface area contributed by atoms with Crippen molar-refractivity contribution >= 4 is 20.4 Å². The first kappa shape index (κ1) is 66.1. The minimum absolute atomic E-state index is 0.00251. The van der Waals surface area contributed by atoms with E-state index in [1.807, 2.05) is 13.8 Å². The Morgan fingerprint density at radius 2 is 1.14 bits per heavy atom. The average molecular weight is 1000 g/mol. The molecule has 0 aliphatic carbocycles. The standard InChI is InChI=1S/C59H111N4O6P/c1-19-57(13,14)30-27-44(4)36-47(64)38-62(39-50(65)46(6)28-31-58(15,16)42-56(10,11)12)33-22-20-24-48-53(68)61-49(54(69)60-48)25-21-23-34-63(40-51(66)59(17,18)32-26-43(2)3)41-52(67)70-35-29-45(5)37-55(7,8)9/h26-32,35,43-52,64-67,70H,19-25,33-34,36-42H2,1-18H3,(H,60,69)(H,61,68)/b30-27-,31-28-,32-26-,35-29-. The molecule has 10 unspecified atom stereocenters. The van der Waals surface area contributed by atoms with Gasteiger partial charge in [0.1, 0.15) is 12.1 Å². The number of rotatable bonds is 34. The monoisotopic (exact) mass is 1000 g/mol. The molecule has 2 amide bonds. The summed E-state index contributed by atoms with van der Waals surface area (Å²) in [6, 6.07) is -1.21. The lowest BCUT2D eigenvalue weighted by atomic mass is 9.76. The highest BCUT2D eigenvalue weighted by Gasteiger charge is 2.34. The van der Waals surface area contributed by atoms with Gasteiger partial charge in [-0.05, 0) is 117 Å². The lowest BCUT2D eigenvalue weighted by Gasteiger charge is -2.34. The third kappa shape index (κ3) is 30.3. The number of allylic oxidation sites excluding steroid dienone is 5. The van der Waals surface area contributed by atoms with Crippen LogP contribution in [0.4, 0.5) is 0 Å². The van der Waals surface area contributed by atoms with Crippen LogP contribution in [0, 0.1) is 50.7 Å². The highest BCUT2D eigenvalue weighted by atomic mass is 31.1. The fourth-order valence-corrected chi connectivity index (χ4v) is 10.5. The Balaban J connectivity index is 2.91. The molecule has 1 fully saturated rings. The summed E-state index contributed by atoms with van der Waals surface area (Å²) in [6.07, 6.45) is 21.2. The molecule has 0 radical (unpaired) electrons. The number of carbonyl (C=O) groups is 2. The number of carbonyl (C=O) groups excluding carboxylic acids is 2. The Morgan fingerprint density at radius 3 is 1.64 bits per heavy atom. The van der Waals surface area contributed by atoms with E-state index in [-0.39, 0.29) is 53.9 Å². The second kappa shape index (κ2) is 31.1. The maximum absolute atomic E-state index is 13.4. The van der Waals surface area contributed by atoms with Crippen LogP contribution in [-0.4, -0.2) is 118 Å². The van der Waals surface area contributed by atoms with Gasteiger partial charge in [0.2, 0.25) is 11.8 Å². The van der Waals surface area contributed by atoms with Crippen molar-refractivity contribution in [2.75, 3.05) is 39.3 Å². The first-order valence-corrected chi connectivity index (χ1v) is 28.6. The summed E-state index contributed by atoms with van der Waals surface area (Å²) in [5.74, 6) is 2.19. The van der Waals surface area contributed by atoms with Crippen molar-refractivity contribution in [2.45, 2.75) is 225 Å². The van der Waals surface area contributed by atoms with Gasteiger partial charge in [-0.3, -0.25) is 19.4 Å². The molecule has 1 rings (SSSR count). The van der Waals surface area contributed by atoms with Crippen LogP contribution in [0.5, 0.6) is 0 Å². The molecule has 0 saturated carbocycles.